The van der Waals surface area contributed by atoms with Gasteiger partial charge in [0.15, 0.2) is 0 Å². The van der Waals surface area contributed by atoms with Crippen molar-refractivity contribution >= 4 is 11.7 Å². The minimum absolute atomic E-state index is 0.00702. The fourth-order valence-corrected chi connectivity index (χ4v) is 4.03. The number of rotatable bonds is 4. The van der Waals surface area contributed by atoms with E-state index in [1.807, 2.05) is 12.1 Å². The van der Waals surface area contributed by atoms with E-state index < -0.39 is 17.6 Å². The Hall–Kier alpha value is -4.21. The molecule has 0 fully saturated rings. The molecule has 2 aromatic carbocycles. The number of nitrogens with one attached hydrogen (secondary N) is 1. The van der Waals surface area contributed by atoms with Gasteiger partial charge in [-0.2, -0.15) is 14.9 Å². The molecule has 33 heavy (non-hydrogen) atoms. The molecule has 10 heteroatoms. The molecular formula is C23H18F2N6O2. The van der Waals surface area contributed by atoms with E-state index in [1.54, 1.807) is 26.2 Å². The van der Waals surface area contributed by atoms with Gasteiger partial charge in [0.25, 0.3) is 5.95 Å². The normalized spacial score (nSPS) is 15.2. The number of aromatic nitrogens is 5. The second-order valence-electron chi connectivity index (χ2n) is 7.60. The fraction of sp³-hybridized carbons (Fsp3) is 0.174. The standard InChI is InChI=1S/C23H18F2N6O2/c1-12-21-17(16-8-5-14(24)9-18(16)25)10-20(32)28-22(21)31(30-12)23-27-19(11-26-29-23)13-3-6-15(33-2)7-4-13/h3-9,11,17H,10H2,1-2H3,(H,28,32)/t17-/m1/s1. The number of methoxy groups -OCH3 is 1. The number of ether oxygens (including phenoxy) is 1. The van der Waals surface area contributed by atoms with Crippen molar-refractivity contribution in [2.45, 2.75) is 19.3 Å². The molecule has 0 radical (unpaired) electrons. The predicted molar refractivity (Wildman–Crippen MR) is 115 cm³/mol. The number of anilines is 1. The molecule has 0 unspecified atom stereocenters. The molecule has 0 aliphatic carbocycles. The lowest BCUT2D eigenvalue weighted by atomic mass is 9.85. The number of fused-ring (bicyclic) bond motifs is 1. The Morgan fingerprint density at radius 1 is 1.15 bits per heavy atom. The van der Waals surface area contributed by atoms with Crippen LogP contribution >= 0.6 is 0 Å². The third kappa shape index (κ3) is 3.69. The number of halogens is 2. The van der Waals surface area contributed by atoms with Crippen molar-refractivity contribution in [2.75, 3.05) is 12.4 Å². The van der Waals surface area contributed by atoms with Crippen LogP contribution in [0.1, 0.15) is 29.2 Å². The summed E-state index contributed by atoms with van der Waals surface area (Å²) in [5, 5.41) is 15.4. The van der Waals surface area contributed by atoms with Crippen molar-refractivity contribution < 1.29 is 18.3 Å². The molecule has 1 atom stereocenters. The molecule has 4 aromatic rings. The van der Waals surface area contributed by atoms with Gasteiger partial charge >= 0.3 is 0 Å². The lowest BCUT2D eigenvalue weighted by molar-refractivity contribution is -0.116. The zero-order chi connectivity index (χ0) is 23.1. The van der Waals surface area contributed by atoms with Gasteiger partial charge in [0.1, 0.15) is 23.2 Å². The van der Waals surface area contributed by atoms with Gasteiger partial charge in [-0.15, -0.1) is 5.10 Å². The molecule has 1 aliphatic rings. The molecule has 0 bridgehead atoms. The van der Waals surface area contributed by atoms with Gasteiger partial charge in [-0.3, -0.25) is 4.79 Å². The van der Waals surface area contributed by atoms with Crippen molar-refractivity contribution in [1.82, 2.24) is 25.0 Å². The second-order valence-corrected chi connectivity index (χ2v) is 7.60. The minimum atomic E-state index is -0.716. The van der Waals surface area contributed by atoms with Crippen molar-refractivity contribution in [3.63, 3.8) is 0 Å². The predicted octanol–water partition coefficient (Wildman–Crippen LogP) is 3.79. The Balaban J connectivity index is 1.60. The van der Waals surface area contributed by atoms with E-state index in [0.29, 0.717) is 28.5 Å². The van der Waals surface area contributed by atoms with E-state index in [1.165, 1.54) is 23.0 Å². The largest absolute Gasteiger partial charge is 0.497 e. The van der Waals surface area contributed by atoms with Gasteiger partial charge in [0.05, 0.1) is 24.7 Å². The third-order valence-electron chi connectivity index (χ3n) is 5.56. The zero-order valence-electron chi connectivity index (χ0n) is 17.7. The first-order valence-electron chi connectivity index (χ1n) is 10.1. The van der Waals surface area contributed by atoms with Crippen LogP contribution in [-0.2, 0) is 4.79 Å². The summed E-state index contributed by atoms with van der Waals surface area (Å²) in [6.45, 7) is 1.75. The topological polar surface area (TPSA) is 94.8 Å². The van der Waals surface area contributed by atoms with Crippen LogP contribution in [0.2, 0.25) is 0 Å². The SMILES string of the molecule is COc1ccc(-c2cnnc(-n3nc(C)c4c3NC(=O)C[C@@H]4c3ccc(F)cc3F)n2)cc1. The molecular weight excluding hydrogens is 430 g/mol. The van der Waals surface area contributed by atoms with E-state index in [0.717, 1.165) is 11.6 Å². The summed E-state index contributed by atoms with van der Waals surface area (Å²) in [5.74, 6) is -1.15. The molecule has 1 aliphatic heterocycles. The van der Waals surface area contributed by atoms with E-state index in [-0.39, 0.29) is 23.8 Å². The summed E-state index contributed by atoms with van der Waals surface area (Å²) in [6.07, 6.45) is 1.52. The number of carbonyl (C=O) groups excluding carboxylic acids is 1. The highest BCUT2D eigenvalue weighted by Crippen LogP contribution is 2.40. The van der Waals surface area contributed by atoms with Crippen LogP contribution in [-0.4, -0.2) is 38.0 Å². The molecule has 0 saturated heterocycles. The number of hydrogen-bond donors (Lipinski definition) is 1. The summed E-state index contributed by atoms with van der Waals surface area (Å²) in [5.41, 5.74) is 2.75. The van der Waals surface area contributed by atoms with Crippen LogP contribution in [0.4, 0.5) is 14.6 Å². The maximum Gasteiger partial charge on any atom is 0.272 e. The Bertz CT molecular complexity index is 1370. The third-order valence-corrected chi connectivity index (χ3v) is 5.56. The van der Waals surface area contributed by atoms with Crippen molar-refractivity contribution in [1.29, 1.82) is 0 Å². The molecule has 2 aromatic heterocycles. The van der Waals surface area contributed by atoms with Gasteiger partial charge < -0.3 is 10.1 Å². The zero-order valence-corrected chi connectivity index (χ0v) is 17.7. The molecule has 1 amide bonds. The highest BCUT2D eigenvalue weighted by Gasteiger charge is 2.34. The maximum absolute atomic E-state index is 14.6. The number of amides is 1. The molecule has 0 spiro atoms. The van der Waals surface area contributed by atoms with Crippen LogP contribution in [0.3, 0.4) is 0 Å². The van der Waals surface area contributed by atoms with Gasteiger partial charge in [-0.25, -0.2) is 13.8 Å². The quantitative estimate of drug-likeness (QED) is 0.510. The monoisotopic (exact) mass is 448 g/mol. The number of nitrogens with zero attached hydrogens (tertiary/aromatic N) is 5. The fourth-order valence-electron chi connectivity index (χ4n) is 4.03. The van der Waals surface area contributed by atoms with Crippen LogP contribution in [0.15, 0.2) is 48.7 Å². The number of carbonyl (C=O) groups is 1. The molecule has 166 valence electrons. The Kier molecular flexibility index (Phi) is 5.04. The highest BCUT2D eigenvalue weighted by atomic mass is 19.1. The van der Waals surface area contributed by atoms with Crippen LogP contribution in [0, 0.1) is 18.6 Å². The second kappa shape index (κ2) is 8.05. The molecule has 3 heterocycles. The average molecular weight is 448 g/mol. The van der Waals surface area contributed by atoms with Crippen LogP contribution in [0.25, 0.3) is 17.2 Å². The Labute approximate surface area is 187 Å². The first-order valence-corrected chi connectivity index (χ1v) is 10.1. The molecule has 5 rings (SSSR count). The van der Waals surface area contributed by atoms with Crippen LogP contribution in [0.5, 0.6) is 5.75 Å². The van der Waals surface area contributed by atoms with Gasteiger partial charge in [-0.1, -0.05) is 6.07 Å². The van der Waals surface area contributed by atoms with Crippen molar-refractivity contribution in [3.05, 3.63) is 77.1 Å². The molecule has 1 N–H and O–H groups in total. The van der Waals surface area contributed by atoms with Crippen LogP contribution < -0.4 is 10.1 Å². The number of benzene rings is 2. The summed E-state index contributed by atoms with van der Waals surface area (Å²) >= 11 is 0. The highest BCUT2D eigenvalue weighted by molar-refractivity contribution is 5.95. The maximum atomic E-state index is 14.6. The molecule has 0 saturated carbocycles. The Morgan fingerprint density at radius 2 is 1.94 bits per heavy atom. The van der Waals surface area contributed by atoms with Crippen molar-refractivity contribution in [3.8, 4) is 23.0 Å². The van der Waals surface area contributed by atoms with Gasteiger partial charge in [0.2, 0.25) is 5.91 Å². The van der Waals surface area contributed by atoms with E-state index in [4.69, 9.17) is 4.74 Å². The first-order chi connectivity index (χ1) is 15.9. The van der Waals surface area contributed by atoms with E-state index >= 15 is 0 Å². The lowest BCUT2D eigenvalue weighted by Crippen LogP contribution is -2.25. The molecule has 8 nitrogen and oxygen atoms in total. The van der Waals surface area contributed by atoms with Gasteiger partial charge in [-0.05, 0) is 42.8 Å². The lowest BCUT2D eigenvalue weighted by Gasteiger charge is -2.24. The van der Waals surface area contributed by atoms with E-state index in [2.05, 4.69) is 25.6 Å². The smallest absolute Gasteiger partial charge is 0.272 e. The number of hydrogen-bond acceptors (Lipinski definition) is 6. The minimum Gasteiger partial charge on any atom is -0.497 e. The van der Waals surface area contributed by atoms with Crippen molar-refractivity contribution in [2.24, 2.45) is 0 Å². The average Bonchev–Trinajstić information content (AvgIpc) is 3.15. The Morgan fingerprint density at radius 3 is 2.67 bits per heavy atom. The summed E-state index contributed by atoms with van der Waals surface area (Å²) in [7, 11) is 1.59. The summed E-state index contributed by atoms with van der Waals surface area (Å²) < 4.78 is 34.6. The number of aryl methyl sites for hydroxylation is 1. The summed E-state index contributed by atoms with van der Waals surface area (Å²) in [4.78, 5) is 17.1. The van der Waals surface area contributed by atoms with Gasteiger partial charge in [0, 0.05) is 29.5 Å². The summed E-state index contributed by atoms with van der Waals surface area (Å²) in [6, 6.07) is 10.6. The van der Waals surface area contributed by atoms with E-state index in [9.17, 15) is 13.6 Å². The first kappa shape index (κ1) is 20.7.